The summed E-state index contributed by atoms with van der Waals surface area (Å²) in [5.41, 5.74) is 5.41. The molecular formula is C11H20N2O. The van der Waals surface area contributed by atoms with Crippen LogP contribution >= 0.6 is 0 Å². The van der Waals surface area contributed by atoms with E-state index in [0.29, 0.717) is 12.6 Å². The Morgan fingerprint density at radius 1 is 1.64 bits per heavy atom. The predicted molar refractivity (Wildman–Crippen MR) is 57.8 cm³/mol. The highest BCUT2D eigenvalue weighted by molar-refractivity contribution is 5.78. The van der Waals surface area contributed by atoms with Gasteiger partial charge in [-0.1, -0.05) is 19.1 Å². The zero-order chi connectivity index (χ0) is 10.4. The van der Waals surface area contributed by atoms with Crippen LogP contribution in [0.4, 0.5) is 0 Å². The number of amides is 1. The van der Waals surface area contributed by atoms with Crippen molar-refractivity contribution in [2.45, 2.75) is 38.6 Å². The number of nitrogens with two attached hydrogens (primary N) is 1. The smallest absolute Gasteiger partial charge is 0.223 e. The molecule has 0 radical (unpaired) electrons. The van der Waals surface area contributed by atoms with E-state index in [9.17, 15) is 4.79 Å². The number of hydrogen-bond acceptors (Lipinski definition) is 2. The maximum Gasteiger partial charge on any atom is 0.223 e. The highest BCUT2D eigenvalue weighted by Gasteiger charge is 2.16. The van der Waals surface area contributed by atoms with Crippen molar-refractivity contribution >= 4 is 5.91 Å². The Bertz CT molecular complexity index is 213. The average Bonchev–Trinajstić information content (AvgIpc) is 2.19. The van der Waals surface area contributed by atoms with E-state index in [1.807, 2.05) is 6.92 Å². The maximum absolute atomic E-state index is 11.6. The van der Waals surface area contributed by atoms with Crippen LogP contribution in [0.25, 0.3) is 0 Å². The van der Waals surface area contributed by atoms with Crippen molar-refractivity contribution in [1.82, 2.24) is 5.32 Å². The standard InChI is InChI=1S/C11H20N2O/c1-9(7-8-12)11(14)13-10-5-3-2-4-6-10/h2-3,9-10H,4-8,12H2,1H3,(H,13,14). The van der Waals surface area contributed by atoms with Crippen LogP contribution in [0, 0.1) is 5.92 Å². The molecule has 0 aromatic heterocycles. The predicted octanol–water partition coefficient (Wildman–Crippen LogP) is 1.20. The van der Waals surface area contributed by atoms with Crippen molar-refractivity contribution < 1.29 is 4.79 Å². The molecule has 1 rings (SSSR count). The summed E-state index contributed by atoms with van der Waals surface area (Å²) >= 11 is 0. The van der Waals surface area contributed by atoms with Gasteiger partial charge in [-0.25, -0.2) is 0 Å². The second-order valence-corrected chi connectivity index (χ2v) is 3.97. The quantitative estimate of drug-likeness (QED) is 0.664. The van der Waals surface area contributed by atoms with Gasteiger partial charge in [-0.15, -0.1) is 0 Å². The Balaban J connectivity index is 2.28. The van der Waals surface area contributed by atoms with Crippen molar-refractivity contribution in [3.05, 3.63) is 12.2 Å². The minimum atomic E-state index is 0.0471. The molecule has 0 aromatic rings. The lowest BCUT2D eigenvalue weighted by molar-refractivity contribution is -0.125. The van der Waals surface area contributed by atoms with Gasteiger partial charge in [-0.05, 0) is 32.2 Å². The highest BCUT2D eigenvalue weighted by atomic mass is 16.1. The Labute approximate surface area is 85.7 Å². The monoisotopic (exact) mass is 196 g/mol. The summed E-state index contributed by atoms with van der Waals surface area (Å²) in [6.45, 7) is 2.51. The summed E-state index contributed by atoms with van der Waals surface area (Å²) in [4.78, 5) is 11.6. The van der Waals surface area contributed by atoms with Gasteiger partial charge >= 0.3 is 0 Å². The number of nitrogens with one attached hydrogen (secondary N) is 1. The lowest BCUT2D eigenvalue weighted by Gasteiger charge is -2.21. The highest BCUT2D eigenvalue weighted by Crippen LogP contribution is 2.11. The Kier molecular flexibility index (Phi) is 4.66. The first-order chi connectivity index (χ1) is 6.74. The molecule has 0 spiro atoms. The first-order valence-electron chi connectivity index (χ1n) is 5.39. The molecule has 3 N–H and O–H groups in total. The SMILES string of the molecule is CC(CCN)C(=O)NC1CC=CCC1. The summed E-state index contributed by atoms with van der Waals surface area (Å²) in [6.07, 6.45) is 8.21. The molecule has 1 amide bonds. The number of carbonyl (C=O) groups excluding carboxylic acids is 1. The number of rotatable bonds is 4. The van der Waals surface area contributed by atoms with Gasteiger partial charge in [0.25, 0.3) is 0 Å². The first-order valence-corrected chi connectivity index (χ1v) is 5.39. The van der Waals surface area contributed by atoms with Crippen LogP contribution in [-0.2, 0) is 4.79 Å². The van der Waals surface area contributed by atoms with Crippen molar-refractivity contribution in [1.29, 1.82) is 0 Å². The second kappa shape index (κ2) is 5.81. The topological polar surface area (TPSA) is 55.1 Å². The summed E-state index contributed by atoms with van der Waals surface area (Å²) in [5, 5.41) is 3.06. The molecule has 3 nitrogen and oxygen atoms in total. The lowest BCUT2D eigenvalue weighted by atomic mass is 10.0. The zero-order valence-corrected chi connectivity index (χ0v) is 8.83. The zero-order valence-electron chi connectivity index (χ0n) is 8.83. The molecule has 0 saturated heterocycles. The molecule has 0 aliphatic heterocycles. The van der Waals surface area contributed by atoms with Gasteiger partial charge in [0.2, 0.25) is 5.91 Å². The third kappa shape index (κ3) is 3.50. The largest absolute Gasteiger partial charge is 0.353 e. The molecule has 1 aliphatic carbocycles. The molecule has 14 heavy (non-hydrogen) atoms. The molecule has 0 fully saturated rings. The molecule has 0 aromatic carbocycles. The molecule has 0 bridgehead atoms. The molecular weight excluding hydrogens is 176 g/mol. The van der Waals surface area contributed by atoms with Gasteiger partial charge in [0, 0.05) is 12.0 Å². The fourth-order valence-corrected chi connectivity index (χ4v) is 1.65. The summed E-state index contributed by atoms with van der Waals surface area (Å²) < 4.78 is 0. The molecule has 3 heteroatoms. The summed E-state index contributed by atoms with van der Waals surface area (Å²) in [7, 11) is 0. The van der Waals surface area contributed by atoms with E-state index in [4.69, 9.17) is 5.73 Å². The second-order valence-electron chi connectivity index (χ2n) is 3.97. The molecule has 0 saturated carbocycles. The van der Waals surface area contributed by atoms with Crippen LogP contribution in [-0.4, -0.2) is 18.5 Å². The van der Waals surface area contributed by atoms with Crippen molar-refractivity contribution in [3.8, 4) is 0 Å². The summed E-state index contributed by atoms with van der Waals surface area (Å²) in [6, 6.07) is 0.340. The van der Waals surface area contributed by atoms with Crippen LogP contribution in [0.1, 0.15) is 32.6 Å². The molecule has 1 aliphatic rings. The third-order valence-electron chi connectivity index (χ3n) is 2.66. The third-order valence-corrected chi connectivity index (χ3v) is 2.66. The lowest BCUT2D eigenvalue weighted by Crippen LogP contribution is -2.39. The molecule has 2 unspecified atom stereocenters. The number of allylic oxidation sites excluding steroid dienone is 1. The maximum atomic E-state index is 11.6. The van der Waals surface area contributed by atoms with Crippen molar-refractivity contribution in [2.24, 2.45) is 11.7 Å². The van der Waals surface area contributed by atoms with Crippen LogP contribution in [0.3, 0.4) is 0 Å². The number of hydrogen-bond donors (Lipinski definition) is 2. The fraction of sp³-hybridized carbons (Fsp3) is 0.727. The van der Waals surface area contributed by atoms with Crippen LogP contribution < -0.4 is 11.1 Å². The van der Waals surface area contributed by atoms with Gasteiger partial charge in [-0.2, -0.15) is 0 Å². The number of carbonyl (C=O) groups is 1. The van der Waals surface area contributed by atoms with Gasteiger partial charge in [-0.3, -0.25) is 4.79 Å². The van der Waals surface area contributed by atoms with E-state index in [0.717, 1.165) is 25.7 Å². The first kappa shape index (κ1) is 11.2. The Morgan fingerprint density at radius 3 is 3.00 bits per heavy atom. The molecule has 80 valence electrons. The average molecular weight is 196 g/mol. The Hall–Kier alpha value is -0.830. The van der Waals surface area contributed by atoms with E-state index < -0.39 is 0 Å². The van der Waals surface area contributed by atoms with E-state index in [1.165, 1.54) is 0 Å². The summed E-state index contributed by atoms with van der Waals surface area (Å²) in [5.74, 6) is 0.196. The van der Waals surface area contributed by atoms with E-state index in [1.54, 1.807) is 0 Å². The van der Waals surface area contributed by atoms with Crippen LogP contribution in [0.5, 0.6) is 0 Å². The van der Waals surface area contributed by atoms with Gasteiger partial charge in [0.05, 0.1) is 0 Å². The minimum absolute atomic E-state index is 0.0471. The Morgan fingerprint density at radius 2 is 2.43 bits per heavy atom. The van der Waals surface area contributed by atoms with Gasteiger partial charge in [0.1, 0.15) is 0 Å². The van der Waals surface area contributed by atoms with Crippen LogP contribution in [0.2, 0.25) is 0 Å². The van der Waals surface area contributed by atoms with E-state index in [2.05, 4.69) is 17.5 Å². The van der Waals surface area contributed by atoms with Crippen molar-refractivity contribution in [2.75, 3.05) is 6.54 Å². The van der Waals surface area contributed by atoms with E-state index in [-0.39, 0.29) is 11.8 Å². The van der Waals surface area contributed by atoms with Gasteiger partial charge < -0.3 is 11.1 Å². The normalized spacial score (nSPS) is 23.1. The molecule has 2 atom stereocenters. The van der Waals surface area contributed by atoms with Gasteiger partial charge in [0.15, 0.2) is 0 Å². The van der Waals surface area contributed by atoms with Crippen LogP contribution in [0.15, 0.2) is 12.2 Å². The molecule has 0 heterocycles. The minimum Gasteiger partial charge on any atom is -0.353 e. The fourth-order valence-electron chi connectivity index (χ4n) is 1.65. The van der Waals surface area contributed by atoms with E-state index >= 15 is 0 Å². The van der Waals surface area contributed by atoms with Crippen molar-refractivity contribution in [3.63, 3.8) is 0 Å².